The third kappa shape index (κ3) is 4.00. The highest BCUT2D eigenvalue weighted by atomic mass is 16.4. The predicted octanol–water partition coefficient (Wildman–Crippen LogP) is 0.608. The molecule has 7 heteroatoms. The lowest BCUT2D eigenvalue weighted by atomic mass is 10.1. The lowest BCUT2D eigenvalue weighted by molar-refractivity contribution is -0.139. The van der Waals surface area contributed by atoms with E-state index < -0.39 is 17.9 Å². The van der Waals surface area contributed by atoms with E-state index in [0.717, 1.165) is 0 Å². The molecule has 1 amide bonds. The number of rotatable bonds is 5. The predicted molar refractivity (Wildman–Crippen MR) is 72.7 cm³/mol. The number of aromatic hydroxyl groups is 1. The van der Waals surface area contributed by atoms with Gasteiger partial charge < -0.3 is 15.5 Å². The summed E-state index contributed by atoms with van der Waals surface area (Å²) in [6.07, 6.45) is 4.00. The van der Waals surface area contributed by atoms with Crippen molar-refractivity contribution in [3.63, 3.8) is 0 Å². The minimum absolute atomic E-state index is 0.0936. The molecule has 7 nitrogen and oxygen atoms in total. The van der Waals surface area contributed by atoms with Crippen molar-refractivity contribution in [3.05, 3.63) is 54.1 Å². The highest BCUT2D eigenvalue weighted by Gasteiger charge is 2.21. The number of nitrogens with zero attached hydrogens (tertiary/aromatic N) is 2. The van der Waals surface area contributed by atoms with Gasteiger partial charge in [-0.2, -0.15) is 0 Å². The first kappa shape index (κ1) is 14.4. The number of aromatic nitrogens is 2. The minimum atomic E-state index is -1.15. The van der Waals surface area contributed by atoms with Crippen molar-refractivity contribution < 1.29 is 19.8 Å². The van der Waals surface area contributed by atoms with Gasteiger partial charge in [0.1, 0.15) is 18.1 Å². The molecule has 2 rings (SSSR count). The highest BCUT2D eigenvalue weighted by molar-refractivity contribution is 5.96. The highest BCUT2D eigenvalue weighted by Crippen LogP contribution is 2.11. The van der Waals surface area contributed by atoms with Crippen LogP contribution < -0.4 is 5.32 Å². The lowest BCUT2D eigenvalue weighted by Crippen LogP contribution is -2.42. The molecule has 1 aromatic heterocycles. The van der Waals surface area contributed by atoms with E-state index in [1.807, 2.05) is 0 Å². The maximum Gasteiger partial charge on any atom is 0.326 e. The van der Waals surface area contributed by atoms with Gasteiger partial charge in [0.25, 0.3) is 5.91 Å². The molecular formula is C14H13N3O4. The second-order valence-electron chi connectivity index (χ2n) is 4.36. The van der Waals surface area contributed by atoms with Gasteiger partial charge in [-0.15, -0.1) is 0 Å². The largest absolute Gasteiger partial charge is 0.508 e. The number of hydrogen-bond donors (Lipinski definition) is 3. The van der Waals surface area contributed by atoms with Crippen LogP contribution in [0.1, 0.15) is 15.9 Å². The number of hydrogen-bond acceptors (Lipinski definition) is 5. The van der Waals surface area contributed by atoms with Gasteiger partial charge in [-0.1, -0.05) is 12.1 Å². The molecule has 0 fully saturated rings. The number of amides is 1. The van der Waals surface area contributed by atoms with E-state index in [9.17, 15) is 19.8 Å². The molecule has 0 radical (unpaired) electrons. The van der Waals surface area contributed by atoms with Gasteiger partial charge in [0.15, 0.2) is 0 Å². The first-order valence-corrected chi connectivity index (χ1v) is 6.13. The molecule has 0 bridgehead atoms. The number of phenolic OH excluding ortho intramolecular Hbond substituents is 1. The van der Waals surface area contributed by atoms with Crippen LogP contribution in [0.15, 0.2) is 43.0 Å². The first-order valence-electron chi connectivity index (χ1n) is 6.13. The third-order valence-electron chi connectivity index (χ3n) is 2.80. The van der Waals surface area contributed by atoms with Crippen molar-refractivity contribution >= 4 is 11.9 Å². The van der Waals surface area contributed by atoms with E-state index >= 15 is 0 Å². The average Bonchev–Trinajstić information content (AvgIpc) is 2.49. The number of carbonyl (C=O) groups excluding carboxylic acids is 1. The van der Waals surface area contributed by atoms with Crippen molar-refractivity contribution in [2.24, 2.45) is 0 Å². The Morgan fingerprint density at radius 3 is 2.33 bits per heavy atom. The van der Waals surface area contributed by atoms with E-state index in [1.54, 1.807) is 12.1 Å². The fourth-order valence-electron chi connectivity index (χ4n) is 1.73. The fraction of sp³-hybridized carbons (Fsp3) is 0.143. The van der Waals surface area contributed by atoms with Gasteiger partial charge in [0.05, 0.1) is 5.56 Å². The Labute approximate surface area is 120 Å². The third-order valence-corrected chi connectivity index (χ3v) is 2.80. The Kier molecular flexibility index (Phi) is 4.45. The van der Waals surface area contributed by atoms with Crippen LogP contribution in [0.5, 0.6) is 5.75 Å². The van der Waals surface area contributed by atoms with Crippen LogP contribution in [-0.4, -0.2) is 38.1 Å². The molecule has 2 aromatic rings. The molecular weight excluding hydrogens is 274 g/mol. The SMILES string of the molecule is O=C(N[C@@H](Cc1ccc(O)cc1)C(=O)O)c1cncnc1. The van der Waals surface area contributed by atoms with Crippen LogP contribution in [0.4, 0.5) is 0 Å². The zero-order valence-electron chi connectivity index (χ0n) is 10.9. The zero-order chi connectivity index (χ0) is 15.2. The molecule has 3 N–H and O–H groups in total. The van der Waals surface area contributed by atoms with E-state index in [0.29, 0.717) is 5.56 Å². The van der Waals surface area contributed by atoms with Crippen molar-refractivity contribution in [3.8, 4) is 5.75 Å². The number of aliphatic carboxylic acids is 1. The van der Waals surface area contributed by atoms with E-state index in [-0.39, 0.29) is 17.7 Å². The maximum absolute atomic E-state index is 11.9. The minimum Gasteiger partial charge on any atom is -0.508 e. The summed E-state index contributed by atoms with van der Waals surface area (Å²) in [5.74, 6) is -1.61. The van der Waals surface area contributed by atoms with Crippen molar-refractivity contribution in [2.75, 3.05) is 0 Å². The van der Waals surface area contributed by atoms with Gasteiger partial charge in [-0.25, -0.2) is 14.8 Å². The Morgan fingerprint density at radius 1 is 1.14 bits per heavy atom. The molecule has 0 saturated carbocycles. The summed E-state index contributed by atoms with van der Waals surface area (Å²) in [6.45, 7) is 0. The summed E-state index contributed by atoms with van der Waals surface area (Å²) >= 11 is 0. The lowest BCUT2D eigenvalue weighted by Gasteiger charge is -2.14. The molecule has 108 valence electrons. The molecule has 0 saturated heterocycles. The van der Waals surface area contributed by atoms with E-state index in [1.165, 1.54) is 30.9 Å². The van der Waals surface area contributed by atoms with Crippen LogP contribution in [-0.2, 0) is 11.2 Å². The topological polar surface area (TPSA) is 112 Å². The number of nitrogens with one attached hydrogen (secondary N) is 1. The smallest absolute Gasteiger partial charge is 0.326 e. The van der Waals surface area contributed by atoms with Crippen molar-refractivity contribution in [2.45, 2.75) is 12.5 Å². The number of carbonyl (C=O) groups is 2. The van der Waals surface area contributed by atoms with Gasteiger partial charge >= 0.3 is 5.97 Å². The standard InChI is InChI=1S/C14H13N3O4/c18-11-3-1-9(2-4-11)5-12(14(20)21)17-13(19)10-6-15-8-16-7-10/h1-4,6-8,12,18H,5H2,(H,17,19)(H,20,21)/t12-/m0/s1. The molecule has 0 spiro atoms. The Bertz CT molecular complexity index is 628. The van der Waals surface area contributed by atoms with Crippen molar-refractivity contribution in [1.82, 2.24) is 15.3 Å². The summed E-state index contributed by atoms with van der Waals surface area (Å²) < 4.78 is 0. The van der Waals surface area contributed by atoms with Gasteiger partial charge in [0, 0.05) is 18.8 Å². The summed E-state index contributed by atoms with van der Waals surface area (Å²) in [6, 6.07) is 5.04. The van der Waals surface area contributed by atoms with Crippen LogP contribution in [0.3, 0.4) is 0 Å². The monoisotopic (exact) mass is 287 g/mol. The Balaban J connectivity index is 2.07. The second kappa shape index (κ2) is 6.47. The average molecular weight is 287 g/mol. The molecule has 0 unspecified atom stereocenters. The summed E-state index contributed by atoms with van der Waals surface area (Å²) in [5, 5.41) is 20.8. The van der Waals surface area contributed by atoms with Gasteiger partial charge in [-0.3, -0.25) is 4.79 Å². The molecule has 0 aliphatic heterocycles. The number of carboxylic acid groups (broad SMARTS) is 1. The molecule has 0 aliphatic rings. The summed E-state index contributed by atoms with van der Waals surface area (Å²) in [7, 11) is 0. The van der Waals surface area contributed by atoms with E-state index in [4.69, 9.17) is 0 Å². The zero-order valence-corrected chi connectivity index (χ0v) is 10.9. The molecule has 1 heterocycles. The summed E-state index contributed by atoms with van der Waals surface area (Å²) in [5.41, 5.74) is 0.874. The number of phenols is 1. The van der Waals surface area contributed by atoms with Gasteiger partial charge in [-0.05, 0) is 17.7 Å². The molecule has 1 atom stereocenters. The Hall–Kier alpha value is -2.96. The quantitative estimate of drug-likeness (QED) is 0.742. The number of benzene rings is 1. The van der Waals surface area contributed by atoms with Crippen LogP contribution in [0.2, 0.25) is 0 Å². The summed E-state index contributed by atoms with van der Waals surface area (Å²) in [4.78, 5) is 30.6. The van der Waals surface area contributed by atoms with Crippen molar-refractivity contribution in [1.29, 1.82) is 0 Å². The second-order valence-corrected chi connectivity index (χ2v) is 4.36. The maximum atomic E-state index is 11.9. The fourth-order valence-corrected chi connectivity index (χ4v) is 1.73. The normalized spacial score (nSPS) is 11.6. The molecule has 1 aromatic carbocycles. The molecule has 21 heavy (non-hydrogen) atoms. The first-order chi connectivity index (χ1) is 10.1. The van der Waals surface area contributed by atoms with E-state index in [2.05, 4.69) is 15.3 Å². The Morgan fingerprint density at radius 2 is 1.76 bits per heavy atom. The van der Waals surface area contributed by atoms with Gasteiger partial charge in [0.2, 0.25) is 0 Å². The number of carboxylic acids is 1. The molecule has 0 aliphatic carbocycles. The van der Waals surface area contributed by atoms with Crippen LogP contribution >= 0.6 is 0 Å². The van der Waals surface area contributed by atoms with Crippen LogP contribution in [0, 0.1) is 0 Å². The van der Waals surface area contributed by atoms with Crippen LogP contribution in [0.25, 0.3) is 0 Å².